The maximum absolute atomic E-state index is 10.4. The average Bonchev–Trinajstić information content (AvgIpc) is 2.44. The van der Waals surface area contributed by atoms with Crippen LogP contribution in [0.15, 0.2) is 12.2 Å². The van der Waals surface area contributed by atoms with Gasteiger partial charge in [-0.05, 0) is 33.1 Å². The summed E-state index contributed by atoms with van der Waals surface area (Å²) in [6.07, 6.45) is 7.16. The molecule has 0 aromatic rings. The van der Waals surface area contributed by atoms with Gasteiger partial charge in [0.2, 0.25) is 0 Å². The summed E-state index contributed by atoms with van der Waals surface area (Å²) in [6, 6.07) is 0. The summed E-state index contributed by atoms with van der Waals surface area (Å²) in [5, 5.41) is 10.4. The molecule has 1 N–H and O–H groups in total. The minimum absolute atomic E-state index is 0.301. The van der Waals surface area contributed by atoms with E-state index in [1.807, 2.05) is 13.8 Å². The van der Waals surface area contributed by atoms with Gasteiger partial charge >= 0.3 is 0 Å². The molecule has 16 heavy (non-hydrogen) atoms. The SMILES string of the molecule is C=C(C)CC(O)C1(OCC)CCCCCC1. The van der Waals surface area contributed by atoms with Crippen LogP contribution in [0.3, 0.4) is 0 Å². The highest BCUT2D eigenvalue weighted by Gasteiger charge is 2.38. The Balaban J connectivity index is 2.71. The van der Waals surface area contributed by atoms with Gasteiger partial charge in [0.05, 0.1) is 11.7 Å². The first-order valence-corrected chi connectivity index (χ1v) is 6.57. The van der Waals surface area contributed by atoms with E-state index in [1.54, 1.807) is 0 Å². The van der Waals surface area contributed by atoms with E-state index < -0.39 is 0 Å². The van der Waals surface area contributed by atoms with Crippen molar-refractivity contribution in [3.8, 4) is 0 Å². The zero-order valence-electron chi connectivity index (χ0n) is 10.8. The van der Waals surface area contributed by atoms with Gasteiger partial charge in [-0.15, -0.1) is 6.58 Å². The summed E-state index contributed by atoms with van der Waals surface area (Å²) in [5.74, 6) is 0. The fourth-order valence-corrected chi connectivity index (χ4v) is 2.70. The van der Waals surface area contributed by atoms with E-state index in [2.05, 4.69) is 6.58 Å². The number of aliphatic hydroxyl groups excluding tert-OH is 1. The van der Waals surface area contributed by atoms with E-state index in [1.165, 1.54) is 25.7 Å². The molecule has 2 nitrogen and oxygen atoms in total. The highest BCUT2D eigenvalue weighted by atomic mass is 16.5. The van der Waals surface area contributed by atoms with E-state index in [0.29, 0.717) is 13.0 Å². The molecule has 0 aliphatic heterocycles. The quantitative estimate of drug-likeness (QED) is 0.575. The van der Waals surface area contributed by atoms with Crippen molar-refractivity contribution in [1.82, 2.24) is 0 Å². The molecule has 0 aromatic carbocycles. The van der Waals surface area contributed by atoms with E-state index in [4.69, 9.17) is 4.74 Å². The first kappa shape index (κ1) is 13.7. The largest absolute Gasteiger partial charge is 0.390 e. The van der Waals surface area contributed by atoms with E-state index in [9.17, 15) is 5.11 Å². The van der Waals surface area contributed by atoms with Gasteiger partial charge in [0.25, 0.3) is 0 Å². The van der Waals surface area contributed by atoms with Gasteiger partial charge in [0, 0.05) is 6.61 Å². The monoisotopic (exact) mass is 226 g/mol. The van der Waals surface area contributed by atoms with Crippen molar-refractivity contribution in [3.63, 3.8) is 0 Å². The average molecular weight is 226 g/mol. The molecule has 1 atom stereocenters. The zero-order chi connectivity index (χ0) is 12.0. The minimum atomic E-state index is -0.386. The second kappa shape index (κ2) is 6.41. The Labute approximate surface area is 99.7 Å². The highest BCUT2D eigenvalue weighted by molar-refractivity contribution is 4.99. The van der Waals surface area contributed by atoms with Crippen LogP contribution in [-0.4, -0.2) is 23.4 Å². The lowest BCUT2D eigenvalue weighted by Crippen LogP contribution is -2.44. The molecular weight excluding hydrogens is 200 g/mol. The fraction of sp³-hybridized carbons (Fsp3) is 0.857. The summed E-state index contributed by atoms with van der Waals surface area (Å²) in [5.41, 5.74) is 0.736. The maximum atomic E-state index is 10.4. The standard InChI is InChI=1S/C14H26O2/c1-4-16-14(13(15)11-12(2)3)9-7-5-6-8-10-14/h13,15H,2,4-11H2,1,3H3. The third-order valence-corrected chi connectivity index (χ3v) is 3.53. The lowest BCUT2D eigenvalue weighted by molar-refractivity contribution is -0.128. The molecule has 1 aliphatic rings. The van der Waals surface area contributed by atoms with Crippen molar-refractivity contribution in [3.05, 3.63) is 12.2 Å². The summed E-state index contributed by atoms with van der Waals surface area (Å²) in [4.78, 5) is 0. The molecule has 1 aliphatic carbocycles. The summed E-state index contributed by atoms with van der Waals surface area (Å²) < 4.78 is 5.92. The molecule has 0 spiro atoms. The summed E-state index contributed by atoms with van der Waals surface area (Å²) in [6.45, 7) is 8.56. The smallest absolute Gasteiger partial charge is 0.0943 e. The van der Waals surface area contributed by atoms with Crippen molar-refractivity contribution in [2.24, 2.45) is 0 Å². The third kappa shape index (κ3) is 3.60. The predicted octanol–water partition coefficient (Wildman–Crippen LogP) is 3.44. The van der Waals surface area contributed by atoms with Crippen LogP contribution in [0.2, 0.25) is 0 Å². The molecule has 0 radical (unpaired) electrons. The normalized spacial score (nSPS) is 22.4. The van der Waals surface area contributed by atoms with Gasteiger partial charge in [-0.25, -0.2) is 0 Å². The van der Waals surface area contributed by atoms with Crippen molar-refractivity contribution in [1.29, 1.82) is 0 Å². The van der Waals surface area contributed by atoms with Crippen LogP contribution in [-0.2, 0) is 4.74 Å². The van der Waals surface area contributed by atoms with Crippen LogP contribution >= 0.6 is 0 Å². The molecule has 0 saturated heterocycles. The number of rotatable bonds is 5. The van der Waals surface area contributed by atoms with Crippen LogP contribution < -0.4 is 0 Å². The summed E-state index contributed by atoms with van der Waals surface area (Å²) >= 11 is 0. The highest BCUT2D eigenvalue weighted by Crippen LogP contribution is 2.35. The molecule has 1 fully saturated rings. The Kier molecular flexibility index (Phi) is 5.50. The number of ether oxygens (including phenoxy) is 1. The van der Waals surface area contributed by atoms with Crippen LogP contribution in [0.4, 0.5) is 0 Å². The Morgan fingerprint density at radius 2 is 1.88 bits per heavy atom. The second-order valence-electron chi connectivity index (χ2n) is 5.09. The minimum Gasteiger partial charge on any atom is -0.390 e. The first-order valence-electron chi connectivity index (χ1n) is 6.57. The van der Waals surface area contributed by atoms with Crippen molar-refractivity contribution >= 4 is 0 Å². The van der Waals surface area contributed by atoms with Crippen LogP contribution in [0.5, 0.6) is 0 Å². The number of hydrogen-bond acceptors (Lipinski definition) is 2. The van der Waals surface area contributed by atoms with E-state index in [0.717, 1.165) is 18.4 Å². The van der Waals surface area contributed by atoms with Crippen LogP contribution in [0, 0.1) is 0 Å². The van der Waals surface area contributed by atoms with Gasteiger partial charge in [0.15, 0.2) is 0 Å². The van der Waals surface area contributed by atoms with Gasteiger partial charge in [0.1, 0.15) is 0 Å². The van der Waals surface area contributed by atoms with Gasteiger partial charge < -0.3 is 9.84 Å². The van der Waals surface area contributed by atoms with Gasteiger partial charge in [-0.2, -0.15) is 0 Å². The van der Waals surface area contributed by atoms with Crippen LogP contribution in [0.25, 0.3) is 0 Å². The maximum Gasteiger partial charge on any atom is 0.0943 e. The molecule has 94 valence electrons. The molecule has 2 heteroatoms. The lowest BCUT2D eigenvalue weighted by atomic mass is 9.85. The molecule has 1 rings (SSSR count). The van der Waals surface area contributed by atoms with Crippen molar-refractivity contribution in [2.75, 3.05) is 6.61 Å². The number of hydrogen-bond donors (Lipinski definition) is 1. The zero-order valence-corrected chi connectivity index (χ0v) is 10.8. The van der Waals surface area contributed by atoms with E-state index >= 15 is 0 Å². The first-order chi connectivity index (χ1) is 7.60. The molecule has 1 saturated carbocycles. The summed E-state index contributed by atoms with van der Waals surface area (Å²) in [7, 11) is 0. The predicted molar refractivity (Wildman–Crippen MR) is 67.5 cm³/mol. The Morgan fingerprint density at radius 3 is 2.31 bits per heavy atom. The molecule has 0 bridgehead atoms. The molecule has 0 amide bonds. The van der Waals surface area contributed by atoms with Gasteiger partial charge in [-0.3, -0.25) is 0 Å². The Hall–Kier alpha value is -0.340. The van der Waals surface area contributed by atoms with Crippen molar-refractivity contribution < 1.29 is 9.84 Å². The molecule has 0 heterocycles. The Bertz CT molecular complexity index is 215. The topological polar surface area (TPSA) is 29.5 Å². The third-order valence-electron chi connectivity index (χ3n) is 3.53. The van der Waals surface area contributed by atoms with Crippen molar-refractivity contribution in [2.45, 2.75) is 70.5 Å². The van der Waals surface area contributed by atoms with Gasteiger partial charge in [-0.1, -0.05) is 31.3 Å². The van der Waals surface area contributed by atoms with Crippen LogP contribution in [0.1, 0.15) is 58.8 Å². The van der Waals surface area contributed by atoms with E-state index in [-0.39, 0.29) is 11.7 Å². The fourth-order valence-electron chi connectivity index (χ4n) is 2.70. The lowest BCUT2D eigenvalue weighted by Gasteiger charge is -2.37. The number of aliphatic hydroxyl groups is 1. The molecule has 1 unspecified atom stereocenters. The molecule has 0 aromatic heterocycles. The second-order valence-corrected chi connectivity index (χ2v) is 5.09. The molecular formula is C14H26O2. The Morgan fingerprint density at radius 1 is 1.31 bits per heavy atom.